The number of ether oxygens (including phenoxy) is 1. The number of halogens is 2. The van der Waals surface area contributed by atoms with E-state index >= 15 is 0 Å². The van der Waals surface area contributed by atoms with E-state index in [1.807, 2.05) is 6.08 Å². The van der Waals surface area contributed by atoms with Gasteiger partial charge in [-0.2, -0.15) is 0 Å². The van der Waals surface area contributed by atoms with Gasteiger partial charge in [-0.25, -0.2) is 8.78 Å². The topological polar surface area (TPSA) is 69.4 Å². The summed E-state index contributed by atoms with van der Waals surface area (Å²) in [6.07, 6.45) is 6.65. The van der Waals surface area contributed by atoms with Gasteiger partial charge < -0.3 is 9.26 Å². The summed E-state index contributed by atoms with van der Waals surface area (Å²) >= 11 is 0. The molecule has 1 aromatic heterocycles. The maximum atomic E-state index is 14.9. The third-order valence-electron chi connectivity index (χ3n) is 13.1. The molecule has 0 spiro atoms. The Morgan fingerprint density at radius 3 is 2.44 bits per heavy atom. The molecule has 0 amide bonds. The summed E-state index contributed by atoms with van der Waals surface area (Å²) in [5, 5.41) is 3.94. The number of methoxy groups -OCH3 is 1. The average Bonchev–Trinajstić information content (AvgIpc) is 3.33. The van der Waals surface area contributed by atoms with E-state index in [2.05, 4.69) is 39.8 Å². The predicted molar refractivity (Wildman–Crippen MR) is 142 cm³/mol. The van der Waals surface area contributed by atoms with Crippen LogP contribution in [0.3, 0.4) is 0 Å². The Morgan fingerprint density at radius 2 is 1.77 bits per heavy atom. The molecule has 5 nitrogen and oxygen atoms in total. The Hall–Kier alpha value is -2.05. The first-order valence-corrected chi connectivity index (χ1v) is 14.7. The highest BCUT2D eigenvalue weighted by Gasteiger charge is 2.72. The van der Waals surface area contributed by atoms with Crippen LogP contribution in [0.4, 0.5) is 8.78 Å². The Balaban J connectivity index is 1.52. The maximum absolute atomic E-state index is 14.9. The van der Waals surface area contributed by atoms with Crippen LogP contribution in [0.15, 0.2) is 22.4 Å². The standard InChI is InChI=1S/C32H43F2NO4/c1-27(2)10-12-32(26(37)38-7)13-11-30(5)23(19(32)16-27)20(36)14-22-28(3)15-18-17-35-39-24(18)31(6,25(33)34)21(28)8-9-29(22,30)4/h14,17,19,21,23,25H,8-13,15-16H2,1-7H3/t19-,21+,23-,28-,29+,30+,31-,32-/m0/s1. The lowest BCUT2D eigenvalue weighted by Gasteiger charge is -2.69. The minimum absolute atomic E-state index is 0.0301. The number of fused-ring (bicyclic) bond motifs is 8. The summed E-state index contributed by atoms with van der Waals surface area (Å²) < 4.78 is 40.7. The average molecular weight is 544 g/mol. The van der Waals surface area contributed by atoms with Crippen molar-refractivity contribution in [1.29, 1.82) is 0 Å². The second-order valence-electron chi connectivity index (χ2n) is 15.3. The molecular weight excluding hydrogens is 500 g/mol. The van der Waals surface area contributed by atoms with Crippen molar-refractivity contribution in [3.63, 3.8) is 0 Å². The zero-order chi connectivity index (χ0) is 28.4. The summed E-state index contributed by atoms with van der Waals surface area (Å²) in [7, 11) is 1.47. The molecule has 1 heterocycles. The van der Waals surface area contributed by atoms with Crippen molar-refractivity contribution < 1.29 is 27.6 Å². The molecule has 0 aromatic carbocycles. The molecule has 5 aliphatic carbocycles. The van der Waals surface area contributed by atoms with Crippen molar-refractivity contribution in [3.05, 3.63) is 29.2 Å². The van der Waals surface area contributed by atoms with Gasteiger partial charge in [-0.3, -0.25) is 9.59 Å². The maximum Gasteiger partial charge on any atom is 0.312 e. The number of aromatic nitrogens is 1. The van der Waals surface area contributed by atoms with E-state index in [9.17, 15) is 18.4 Å². The van der Waals surface area contributed by atoms with Gasteiger partial charge in [0.15, 0.2) is 11.5 Å². The number of carbonyl (C=O) groups excluding carboxylic acids is 2. The molecule has 0 unspecified atom stereocenters. The normalized spacial score (nSPS) is 46.3. The fourth-order valence-corrected chi connectivity index (χ4v) is 10.8. The quantitative estimate of drug-likeness (QED) is 0.373. The number of carbonyl (C=O) groups is 2. The van der Waals surface area contributed by atoms with Gasteiger partial charge in [0.25, 0.3) is 6.43 Å². The van der Waals surface area contributed by atoms with E-state index in [-0.39, 0.29) is 45.8 Å². The Morgan fingerprint density at radius 1 is 1.08 bits per heavy atom. The van der Waals surface area contributed by atoms with Crippen LogP contribution < -0.4 is 0 Å². The third-order valence-corrected chi connectivity index (χ3v) is 13.1. The molecular formula is C32H43F2NO4. The molecule has 214 valence electrons. The summed E-state index contributed by atoms with van der Waals surface area (Å²) in [4.78, 5) is 27.9. The summed E-state index contributed by atoms with van der Waals surface area (Å²) in [5.74, 6) is -0.562. The van der Waals surface area contributed by atoms with Gasteiger partial charge in [0, 0.05) is 11.5 Å². The molecule has 3 fully saturated rings. The van der Waals surface area contributed by atoms with Gasteiger partial charge in [0.05, 0.1) is 24.1 Å². The lowest BCUT2D eigenvalue weighted by Crippen LogP contribution is -2.66. The van der Waals surface area contributed by atoms with Crippen molar-refractivity contribution in [2.24, 2.45) is 44.8 Å². The van der Waals surface area contributed by atoms with Crippen molar-refractivity contribution >= 4 is 11.8 Å². The van der Waals surface area contributed by atoms with Gasteiger partial charge in [0.1, 0.15) is 0 Å². The van der Waals surface area contributed by atoms with E-state index in [0.717, 1.165) is 43.2 Å². The van der Waals surface area contributed by atoms with E-state index < -0.39 is 22.7 Å². The zero-order valence-electron chi connectivity index (χ0n) is 24.5. The van der Waals surface area contributed by atoms with Crippen LogP contribution in [0.5, 0.6) is 0 Å². The van der Waals surface area contributed by atoms with E-state index in [0.29, 0.717) is 25.0 Å². The minimum atomic E-state index is -2.61. The van der Waals surface area contributed by atoms with Gasteiger partial charge >= 0.3 is 5.97 Å². The highest BCUT2D eigenvalue weighted by Crippen LogP contribution is 2.75. The fraction of sp³-hybridized carbons (Fsp3) is 0.781. The molecule has 0 aliphatic heterocycles. The van der Waals surface area contributed by atoms with Crippen molar-refractivity contribution in [2.45, 2.75) is 105 Å². The first kappa shape index (κ1) is 27.1. The number of allylic oxidation sites excluding steroid dienone is 2. The number of alkyl halides is 2. The molecule has 3 saturated carbocycles. The number of rotatable bonds is 2. The molecule has 6 rings (SSSR count). The first-order valence-electron chi connectivity index (χ1n) is 14.7. The predicted octanol–water partition coefficient (Wildman–Crippen LogP) is 7.09. The minimum Gasteiger partial charge on any atom is -0.469 e. The Labute approximate surface area is 230 Å². The van der Waals surface area contributed by atoms with Crippen molar-refractivity contribution in [1.82, 2.24) is 5.16 Å². The fourth-order valence-electron chi connectivity index (χ4n) is 10.8. The number of nitrogens with zero attached hydrogens (tertiary/aromatic N) is 1. The van der Waals surface area contributed by atoms with Crippen LogP contribution in [0.25, 0.3) is 0 Å². The lowest BCUT2D eigenvalue weighted by atomic mass is 9.34. The number of hydrogen-bond donors (Lipinski definition) is 0. The lowest BCUT2D eigenvalue weighted by molar-refractivity contribution is -0.192. The Bertz CT molecular complexity index is 1270. The number of ketones is 1. The summed E-state index contributed by atoms with van der Waals surface area (Å²) in [6, 6.07) is 0. The van der Waals surface area contributed by atoms with Gasteiger partial charge in [-0.15, -0.1) is 0 Å². The highest BCUT2D eigenvalue weighted by atomic mass is 19.3. The Kier molecular flexibility index (Phi) is 5.59. The van der Waals surface area contributed by atoms with Gasteiger partial charge in [0.2, 0.25) is 0 Å². The molecule has 0 N–H and O–H groups in total. The largest absolute Gasteiger partial charge is 0.469 e. The van der Waals surface area contributed by atoms with Crippen molar-refractivity contribution in [2.75, 3.05) is 7.11 Å². The van der Waals surface area contributed by atoms with Crippen LogP contribution in [-0.2, 0) is 26.2 Å². The molecule has 5 aliphatic rings. The molecule has 0 saturated heterocycles. The zero-order valence-corrected chi connectivity index (χ0v) is 24.5. The monoisotopic (exact) mass is 543 g/mol. The first-order chi connectivity index (χ1) is 18.1. The number of esters is 1. The molecule has 0 radical (unpaired) electrons. The summed E-state index contributed by atoms with van der Waals surface area (Å²) in [5.41, 5.74) is -1.68. The number of hydrogen-bond acceptors (Lipinski definition) is 5. The molecule has 39 heavy (non-hydrogen) atoms. The second kappa shape index (κ2) is 8.03. The van der Waals surface area contributed by atoms with E-state index in [1.165, 1.54) is 7.11 Å². The molecule has 7 heteroatoms. The van der Waals surface area contributed by atoms with Gasteiger partial charge in [-0.05, 0) is 97.9 Å². The van der Waals surface area contributed by atoms with Crippen LogP contribution in [-0.4, -0.2) is 30.4 Å². The van der Waals surface area contributed by atoms with Crippen LogP contribution in [0.1, 0.15) is 97.8 Å². The SMILES string of the molecule is COC(=O)[C@]12CCC(C)(C)C[C@H]1[C@H]1C(=O)C=C3[C@@]4(C)Cc5cnoc5[C@@](C)(C(F)F)[C@@H]4CC[C@@]3(C)[C@]1(C)CC2. The third kappa shape index (κ3) is 3.14. The summed E-state index contributed by atoms with van der Waals surface area (Å²) in [6.45, 7) is 12.7. The van der Waals surface area contributed by atoms with Crippen LogP contribution in [0.2, 0.25) is 0 Å². The highest BCUT2D eigenvalue weighted by molar-refractivity contribution is 5.96. The van der Waals surface area contributed by atoms with Crippen LogP contribution >= 0.6 is 0 Å². The van der Waals surface area contributed by atoms with E-state index in [1.54, 1.807) is 13.1 Å². The smallest absolute Gasteiger partial charge is 0.312 e. The van der Waals surface area contributed by atoms with Gasteiger partial charge in [-0.1, -0.05) is 45.3 Å². The molecule has 1 aromatic rings. The second-order valence-corrected chi connectivity index (χ2v) is 15.3. The van der Waals surface area contributed by atoms with Crippen molar-refractivity contribution in [3.8, 4) is 0 Å². The molecule has 0 bridgehead atoms. The molecule has 8 atom stereocenters. The van der Waals surface area contributed by atoms with Crippen LogP contribution in [0, 0.1) is 44.8 Å². The van der Waals surface area contributed by atoms with E-state index in [4.69, 9.17) is 9.26 Å².